The van der Waals surface area contributed by atoms with Crippen LogP contribution in [0.3, 0.4) is 0 Å². The summed E-state index contributed by atoms with van der Waals surface area (Å²) in [5.74, 6) is -0.164. The molecule has 1 aromatic carbocycles. The number of amides is 1. The van der Waals surface area contributed by atoms with E-state index in [-0.39, 0.29) is 23.3 Å². The predicted octanol–water partition coefficient (Wildman–Crippen LogP) is 2.62. The standard InChI is InChI=1S/C22H29N5O2/c1-14-5-6-17(7-15(14)2)13-29-12-16(3)27-22(28)20-8-18(11-26-21(20)24)19(9-23)10-25-4/h5-11,16H,12-13,23H2,1-4H3,(H2,24,26)(H,27,28). The molecule has 1 heterocycles. The van der Waals surface area contributed by atoms with Gasteiger partial charge in [-0.3, -0.25) is 9.79 Å². The molecule has 0 spiro atoms. The van der Waals surface area contributed by atoms with E-state index in [9.17, 15) is 4.79 Å². The van der Waals surface area contributed by atoms with Crippen LogP contribution in [0.1, 0.15) is 39.5 Å². The van der Waals surface area contributed by atoms with Crippen molar-refractivity contribution in [3.05, 3.63) is 64.5 Å². The van der Waals surface area contributed by atoms with Gasteiger partial charge in [-0.1, -0.05) is 18.2 Å². The number of pyridine rings is 1. The number of carbonyl (C=O) groups is 1. The number of hydrogen-bond donors (Lipinski definition) is 3. The summed E-state index contributed by atoms with van der Waals surface area (Å²) in [6.45, 7) is 6.89. The van der Waals surface area contributed by atoms with E-state index in [4.69, 9.17) is 16.2 Å². The first-order valence-corrected chi connectivity index (χ1v) is 9.40. The number of anilines is 1. The highest BCUT2D eigenvalue weighted by molar-refractivity contribution is 6.10. The third-order valence-corrected chi connectivity index (χ3v) is 4.53. The molecule has 2 aromatic rings. The minimum Gasteiger partial charge on any atom is -0.404 e. The van der Waals surface area contributed by atoms with Crippen molar-refractivity contribution in [2.45, 2.75) is 33.4 Å². The second-order valence-electron chi connectivity index (χ2n) is 6.97. The summed E-state index contributed by atoms with van der Waals surface area (Å²) >= 11 is 0. The van der Waals surface area contributed by atoms with Gasteiger partial charge in [0, 0.05) is 42.8 Å². The number of hydrogen-bond acceptors (Lipinski definition) is 6. The largest absolute Gasteiger partial charge is 0.404 e. The molecule has 0 fully saturated rings. The number of allylic oxidation sites excluding steroid dienone is 1. The molecule has 1 aromatic heterocycles. The number of aromatic nitrogens is 1. The van der Waals surface area contributed by atoms with Crippen LogP contribution in [0.2, 0.25) is 0 Å². The van der Waals surface area contributed by atoms with Crippen molar-refractivity contribution in [2.24, 2.45) is 10.7 Å². The zero-order valence-electron chi connectivity index (χ0n) is 17.4. The second-order valence-corrected chi connectivity index (χ2v) is 6.97. The number of benzene rings is 1. The lowest BCUT2D eigenvalue weighted by Crippen LogP contribution is -2.36. The van der Waals surface area contributed by atoms with Gasteiger partial charge in [0.15, 0.2) is 0 Å². The van der Waals surface area contributed by atoms with E-state index in [0.717, 1.165) is 5.56 Å². The Morgan fingerprint density at radius 3 is 2.72 bits per heavy atom. The lowest BCUT2D eigenvalue weighted by atomic mass is 10.1. The monoisotopic (exact) mass is 395 g/mol. The van der Waals surface area contributed by atoms with Crippen LogP contribution in [0, 0.1) is 13.8 Å². The molecule has 0 bridgehead atoms. The molecular weight excluding hydrogens is 366 g/mol. The third-order valence-electron chi connectivity index (χ3n) is 4.53. The van der Waals surface area contributed by atoms with Gasteiger partial charge in [0.25, 0.3) is 5.91 Å². The smallest absolute Gasteiger partial charge is 0.255 e. The molecule has 7 heteroatoms. The first-order valence-electron chi connectivity index (χ1n) is 9.40. The van der Waals surface area contributed by atoms with Crippen LogP contribution >= 0.6 is 0 Å². The molecule has 5 N–H and O–H groups in total. The van der Waals surface area contributed by atoms with Gasteiger partial charge < -0.3 is 21.5 Å². The Hall–Kier alpha value is -3.19. The van der Waals surface area contributed by atoms with Crippen LogP contribution in [0.5, 0.6) is 0 Å². The van der Waals surface area contributed by atoms with Gasteiger partial charge in [0.1, 0.15) is 5.82 Å². The number of carbonyl (C=O) groups excluding carboxylic acids is 1. The zero-order chi connectivity index (χ0) is 21.4. The van der Waals surface area contributed by atoms with Crippen molar-refractivity contribution in [3.8, 4) is 0 Å². The van der Waals surface area contributed by atoms with Gasteiger partial charge in [-0.2, -0.15) is 0 Å². The molecule has 1 amide bonds. The van der Waals surface area contributed by atoms with Crippen molar-refractivity contribution in [3.63, 3.8) is 0 Å². The molecule has 0 radical (unpaired) electrons. The van der Waals surface area contributed by atoms with Crippen molar-refractivity contribution in [1.29, 1.82) is 0 Å². The molecule has 0 aliphatic rings. The first-order chi connectivity index (χ1) is 13.8. The molecule has 1 atom stereocenters. The summed E-state index contributed by atoms with van der Waals surface area (Å²) in [7, 11) is 1.64. The van der Waals surface area contributed by atoms with Gasteiger partial charge in [-0.25, -0.2) is 4.98 Å². The Balaban J connectivity index is 1.97. The second kappa shape index (κ2) is 10.4. The average Bonchev–Trinajstić information content (AvgIpc) is 2.69. The molecule has 29 heavy (non-hydrogen) atoms. The maximum absolute atomic E-state index is 12.6. The normalized spacial score (nSPS) is 12.9. The number of nitrogens with zero attached hydrogens (tertiary/aromatic N) is 2. The van der Waals surface area contributed by atoms with Gasteiger partial charge in [-0.05, 0) is 43.5 Å². The minimum atomic E-state index is -0.316. The van der Waals surface area contributed by atoms with E-state index in [1.807, 2.05) is 13.0 Å². The summed E-state index contributed by atoms with van der Waals surface area (Å²) in [6, 6.07) is 7.69. The number of nitrogens with one attached hydrogen (secondary N) is 1. The lowest BCUT2D eigenvalue weighted by molar-refractivity contribution is 0.0820. The van der Waals surface area contributed by atoms with E-state index >= 15 is 0 Å². The Labute approximate surface area is 171 Å². The Bertz CT molecular complexity index is 921. The maximum atomic E-state index is 12.6. The highest BCUT2D eigenvalue weighted by Crippen LogP contribution is 2.17. The van der Waals surface area contributed by atoms with Crippen LogP contribution < -0.4 is 16.8 Å². The first kappa shape index (κ1) is 22.1. The van der Waals surface area contributed by atoms with Gasteiger partial charge in [-0.15, -0.1) is 0 Å². The van der Waals surface area contributed by atoms with Crippen molar-refractivity contribution >= 4 is 23.5 Å². The summed E-state index contributed by atoms with van der Waals surface area (Å²) < 4.78 is 5.75. The Morgan fingerprint density at radius 2 is 2.07 bits per heavy atom. The van der Waals surface area contributed by atoms with Crippen LogP contribution in [-0.4, -0.2) is 36.8 Å². The fourth-order valence-corrected chi connectivity index (χ4v) is 2.76. The molecule has 0 saturated heterocycles. The fourth-order valence-electron chi connectivity index (χ4n) is 2.76. The van der Waals surface area contributed by atoms with E-state index in [1.54, 1.807) is 25.5 Å². The van der Waals surface area contributed by atoms with Crippen LogP contribution in [-0.2, 0) is 11.3 Å². The van der Waals surface area contributed by atoms with E-state index < -0.39 is 0 Å². The van der Waals surface area contributed by atoms with Gasteiger partial charge in [0.05, 0.1) is 18.8 Å². The molecular formula is C22H29N5O2. The molecule has 0 aliphatic heterocycles. The molecule has 2 rings (SSSR count). The highest BCUT2D eigenvalue weighted by Gasteiger charge is 2.15. The van der Waals surface area contributed by atoms with Crippen LogP contribution in [0.4, 0.5) is 5.82 Å². The van der Waals surface area contributed by atoms with Crippen molar-refractivity contribution in [2.75, 3.05) is 19.4 Å². The van der Waals surface area contributed by atoms with Gasteiger partial charge in [0.2, 0.25) is 0 Å². The molecule has 1 unspecified atom stereocenters. The molecule has 154 valence electrons. The quantitative estimate of drug-likeness (QED) is 0.594. The summed E-state index contributed by atoms with van der Waals surface area (Å²) in [5.41, 5.74) is 16.7. The number of nitrogen functional groups attached to an aromatic ring is 1. The predicted molar refractivity (Wildman–Crippen MR) is 118 cm³/mol. The van der Waals surface area contributed by atoms with E-state index in [0.29, 0.717) is 24.4 Å². The van der Waals surface area contributed by atoms with Crippen LogP contribution in [0.15, 0.2) is 41.7 Å². The topological polar surface area (TPSA) is 116 Å². The van der Waals surface area contributed by atoms with E-state index in [1.165, 1.54) is 17.3 Å². The van der Waals surface area contributed by atoms with Crippen molar-refractivity contribution in [1.82, 2.24) is 10.3 Å². The van der Waals surface area contributed by atoms with E-state index in [2.05, 4.69) is 41.3 Å². The number of aryl methyl sites for hydroxylation is 2. The SMILES string of the molecule is CN=CC(=CN)c1cnc(N)c(C(=O)NC(C)COCc2ccc(C)c(C)c2)c1. The average molecular weight is 396 g/mol. The fraction of sp³-hybridized carbons (Fsp3) is 0.318. The molecule has 0 saturated carbocycles. The third kappa shape index (κ3) is 6.15. The Kier molecular flexibility index (Phi) is 7.91. The van der Waals surface area contributed by atoms with Gasteiger partial charge >= 0.3 is 0 Å². The van der Waals surface area contributed by atoms with Crippen LogP contribution in [0.25, 0.3) is 5.57 Å². The number of ether oxygens (including phenoxy) is 1. The van der Waals surface area contributed by atoms with Crippen molar-refractivity contribution < 1.29 is 9.53 Å². The number of nitrogens with two attached hydrogens (primary N) is 2. The zero-order valence-corrected chi connectivity index (χ0v) is 17.4. The highest BCUT2D eigenvalue weighted by atomic mass is 16.5. The lowest BCUT2D eigenvalue weighted by Gasteiger charge is -2.16. The minimum absolute atomic E-state index is 0.152. The summed E-state index contributed by atoms with van der Waals surface area (Å²) in [6.07, 6.45) is 4.56. The number of aliphatic imine (C=N–C) groups is 1. The molecule has 0 aliphatic carbocycles. The maximum Gasteiger partial charge on any atom is 0.255 e. The Morgan fingerprint density at radius 1 is 1.31 bits per heavy atom. The summed E-state index contributed by atoms with van der Waals surface area (Å²) in [4.78, 5) is 20.7. The molecule has 7 nitrogen and oxygen atoms in total. The number of rotatable bonds is 8. The summed E-state index contributed by atoms with van der Waals surface area (Å²) in [5, 5.41) is 2.89.